The summed E-state index contributed by atoms with van der Waals surface area (Å²) in [6, 6.07) is 9.48. The van der Waals surface area contributed by atoms with Gasteiger partial charge in [-0.15, -0.1) is 11.8 Å². The normalized spacial score (nSPS) is 10.3. The van der Waals surface area contributed by atoms with Crippen molar-refractivity contribution in [2.75, 3.05) is 6.26 Å². The molecule has 2 aromatic rings. The van der Waals surface area contributed by atoms with Crippen molar-refractivity contribution >= 4 is 29.2 Å². The van der Waals surface area contributed by atoms with Gasteiger partial charge in [0.15, 0.2) is 0 Å². The second-order valence-electron chi connectivity index (χ2n) is 3.93. The molecule has 2 rings (SSSR count). The number of ether oxygens (including phenoxy) is 1. The van der Waals surface area contributed by atoms with Crippen LogP contribution in [0, 0.1) is 11.2 Å². The van der Waals surface area contributed by atoms with Crippen LogP contribution < -0.4 is 10.5 Å². The van der Waals surface area contributed by atoms with Crippen molar-refractivity contribution in [2.24, 2.45) is 5.73 Å². The van der Waals surface area contributed by atoms with Crippen LogP contribution in [0.15, 0.2) is 41.3 Å². The molecule has 6 heteroatoms. The first-order chi connectivity index (χ1) is 9.52. The summed E-state index contributed by atoms with van der Waals surface area (Å²) in [6.07, 6.45) is 1.88. The van der Waals surface area contributed by atoms with Crippen LogP contribution in [0.1, 0.15) is 5.56 Å². The highest BCUT2D eigenvalue weighted by atomic mass is 35.5. The third kappa shape index (κ3) is 3.05. The van der Waals surface area contributed by atoms with Crippen LogP contribution in [-0.2, 0) is 0 Å². The van der Waals surface area contributed by atoms with Crippen LogP contribution in [0.25, 0.3) is 0 Å². The van der Waals surface area contributed by atoms with Crippen LogP contribution in [0.4, 0.5) is 4.39 Å². The molecule has 0 saturated heterocycles. The summed E-state index contributed by atoms with van der Waals surface area (Å²) in [4.78, 5) is 0.824. The molecule has 0 aliphatic rings. The molecule has 0 saturated carbocycles. The van der Waals surface area contributed by atoms with E-state index in [1.54, 1.807) is 18.2 Å². The summed E-state index contributed by atoms with van der Waals surface area (Å²) in [5, 5.41) is 7.68. The van der Waals surface area contributed by atoms with Crippen molar-refractivity contribution in [1.29, 1.82) is 5.41 Å². The van der Waals surface area contributed by atoms with Gasteiger partial charge in [0.1, 0.15) is 23.2 Å². The van der Waals surface area contributed by atoms with Crippen LogP contribution in [0.2, 0.25) is 5.02 Å². The number of nitrogen functional groups attached to an aromatic ring is 1. The fourth-order valence-electron chi connectivity index (χ4n) is 1.70. The molecule has 0 bridgehead atoms. The van der Waals surface area contributed by atoms with Crippen LogP contribution in [0.3, 0.4) is 0 Å². The number of thioether (sulfide) groups is 1. The first kappa shape index (κ1) is 14.7. The van der Waals surface area contributed by atoms with Crippen molar-refractivity contribution < 1.29 is 9.13 Å². The Morgan fingerprint density at radius 2 is 2.10 bits per heavy atom. The minimum atomic E-state index is -0.561. The number of nitrogens with two attached hydrogens (primary N) is 1. The van der Waals surface area contributed by atoms with Gasteiger partial charge in [-0.3, -0.25) is 5.41 Å². The highest BCUT2D eigenvalue weighted by Crippen LogP contribution is 2.32. The summed E-state index contributed by atoms with van der Waals surface area (Å²) < 4.78 is 19.0. The molecule has 3 nitrogen and oxygen atoms in total. The van der Waals surface area contributed by atoms with Gasteiger partial charge in [0, 0.05) is 11.0 Å². The molecular formula is C14H12ClFN2OS. The molecule has 0 fully saturated rings. The maximum Gasteiger partial charge on any atom is 0.145 e. The molecule has 0 aliphatic carbocycles. The Balaban J connectivity index is 2.42. The van der Waals surface area contributed by atoms with E-state index >= 15 is 0 Å². The first-order valence-electron chi connectivity index (χ1n) is 5.67. The largest absolute Gasteiger partial charge is 0.456 e. The smallest absolute Gasteiger partial charge is 0.145 e. The fraction of sp³-hybridized carbons (Fsp3) is 0.0714. The van der Waals surface area contributed by atoms with Crippen LogP contribution in [-0.4, -0.2) is 12.1 Å². The topological polar surface area (TPSA) is 59.1 Å². The van der Waals surface area contributed by atoms with Gasteiger partial charge in [0.25, 0.3) is 0 Å². The number of benzene rings is 2. The summed E-state index contributed by atoms with van der Waals surface area (Å²) in [6.45, 7) is 0. The molecule has 0 heterocycles. The average molecular weight is 311 g/mol. The summed E-state index contributed by atoms with van der Waals surface area (Å²) >= 11 is 7.08. The van der Waals surface area contributed by atoms with Crippen LogP contribution in [0.5, 0.6) is 11.5 Å². The lowest BCUT2D eigenvalue weighted by Gasteiger charge is -2.13. The van der Waals surface area contributed by atoms with Gasteiger partial charge in [0.05, 0.1) is 10.6 Å². The second kappa shape index (κ2) is 6.15. The first-order valence-corrected chi connectivity index (χ1v) is 7.27. The monoisotopic (exact) mass is 310 g/mol. The van der Waals surface area contributed by atoms with Gasteiger partial charge >= 0.3 is 0 Å². The molecule has 0 atom stereocenters. The summed E-state index contributed by atoms with van der Waals surface area (Å²) in [5.74, 6) is 0.0488. The molecule has 3 N–H and O–H groups in total. The van der Waals surface area contributed by atoms with E-state index in [1.807, 2.05) is 12.3 Å². The van der Waals surface area contributed by atoms with E-state index in [0.717, 1.165) is 4.90 Å². The number of amidine groups is 1. The summed E-state index contributed by atoms with van der Waals surface area (Å²) in [7, 11) is 0. The Labute approximate surface area is 125 Å². The van der Waals surface area contributed by atoms with Gasteiger partial charge in [-0.05, 0) is 30.5 Å². The van der Waals surface area contributed by atoms with Gasteiger partial charge < -0.3 is 10.5 Å². The van der Waals surface area contributed by atoms with Crippen molar-refractivity contribution in [3.05, 3.63) is 52.8 Å². The second-order valence-corrected chi connectivity index (χ2v) is 5.18. The maximum absolute atomic E-state index is 13.4. The lowest BCUT2D eigenvalue weighted by molar-refractivity contribution is 0.474. The van der Waals surface area contributed by atoms with Crippen LogP contribution >= 0.6 is 23.4 Å². The average Bonchev–Trinajstić information content (AvgIpc) is 2.42. The number of hydrogen-bond acceptors (Lipinski definition) is 3. The van der Waals surface area contributed by atoms with Crippen molar-refractivity contribution in [1.82, 2.24) is 0 Å². The standard InChI is InChI=1S/C14H12ClFN2OS/c1-20-12-4-2-3-11(13(12)14(17)18)19-8-5-6-9(15)10(16)7-8/h2-7H,1H3,(H3,17,18). The number of halogens is 2. The SMILES string of the molecule is CSc1cccc(Oc2ccc(Cl)c(F)c2)c1C(=N)N. The molecule has 0 spiro atoms. The maximum atomic E-state index is 13.4. The van der Waals surface area contributed by atoms with E-state index in [1.165, 1.54) is 23.9 Å². The zero-order valence-electron chi connectivity index (χ0n) is 10.6. The van der Waals surface area contributed by atoms with E-state index in [2.05, 4.69) is 0 Å². The van der Waals surface area contributed by atoms with Crippen molar-refractivity contribution in [3.8, 4) is 11.5 Å². The minimum absolute atomic E-state index is 0.0296. The zero-order chi connectivity index (χ0) is 14.7. The van der Waals surface area contributed by atoms with E-state index in [9.17, 15) is 4.39 Å². The lowest BCUT2D eigenvalue weighted by atomic mass is 10.2. The molecule has 104 valence electrons. The quantitative estimate of drug-likeness (QED) is 0.503. The predicted molar refractivity (Wildman–Crippen MR) is 80.7 cm³/mol. The Morgan fingerprint density at radius 1 is 1.35 bits per heavy atom. The Kier molecular flexibility index (Phi) is 4.52. The Bertz CT molecular complexity index is 664. The third-order valence-electron chi connectivity index (χ3n) is 2.60. The highest BCUT2D eigenvalue weighted by molar-refractivity contribution is 7.98. The number of hydrogen-bond donors (Lipinski definition) is 2. The highest BCUT2D eigenvalue weighted by Gasteiger charge is 2.13. The number of rotatable bonds is 4. The molecule has 0 aromatic heterocycles. The molecule has 0 aliphatic heterocycles. The third-order valence-corrected chi connectivity index (χ3v) is 3.68. The Hall–Kier alpha value is -1.72. The molecule has 0 radical (unpaired) electrons. The number of nitrogens with one attached hydrogen (secondary N) is 1. The molecule has 2 aromatic carbocycles. The Morgan fingerprint density at radius 3 is 2.70 bits per heavy atom. The summed E-state index contributed by atoms with van der Waals surface area (Å²) in [5.41, 5.74) is 6.09. The van der Waals surface area contributed by atoms with E-state index in [-0.39, 0.29) is 10.9 Å². The zero-order valence-corrected chi connectivity index (χ0v) is 12.2. The van der Waals surface area contributed by atoms with E-state index in [4.69, 9.17) is 27.5 Å². The van der Waals surface area contributed by atoms with Gasteiger partial charge in [-0.25, -0.2) is 4.39 Å². The molecule has 20 heavy (non-hydrogen) atoms. The van der Waals surface area contributed by atoms with E-state index < -0.39 is 5.82 Å². The van der Waals surface area contributed by atoms with Crippen molar-refractivity contribution in [2.45, 2.75) is 4.90 Å². The van der Waals surface area contributed by atoms with Gasteiger partial charge in [0.2, 0.25) is 0 Å². The minimum Gasteiger partial charge on any atom is -0.456 e. The van der Waals surface area contributed by atoms with Crippen molar-refractivity contribution in [3.63, 3.8) is 0 Å². The molecule has 0 unspecified atom stereocenters. The lowest BCUT2D eigenvalue weighted by Crippen LogP contribution is -2.13. The predicted octanol–water partition coefficient (Wildman–Crippen LogP) is 4.28. The molecule has 0 amide bonds. The molecular weight excluding hydrogens is 299 g/mol. The van der Waals surface area contributed by atoms with E-state index in [0.29, 0.717) is 17.1 Å². The van der Waals surface area contributed by atoms with Gasteiger partial charge in [-0.1, -0.05) is 17.7 Å². The fourth-order valence-corrected chi connectivity index (χ4v) is 2.45. The van der Waals surface area contributed by atoms with Gasteiger partial charge in [-0.2, -0.15) is 0 Å².